The first kappa shape index (κ1) is 17.4. The van der Waals surface area contributed by atoms with Gasteiger partial charge in [0.15, 0.2) is 5.78 Å². The van der Waals surface area contributed by atoms with Gasteiger partial charge in [0.05, 0.1) is 19.1 Å². The average molecular weight is 270 g/mol. The number of amides is 1. The van der Waals surface area contributed by atoms with Crippen molar-refractivity contribution >= 4 is 23.3 Å². The standard InChI is InChI=1S/C13H22N2O4/c1-9(16)7-15(8-10(2)17)6-5-13(11(3)18)14-12(4)19/h13H,5-8H2,1-4H3,(H,14,19). The van der Waals surface area contributed by atoms with Crippen LogP contribution in [0.1, 0.15) is 34.1 Å². The second-order valence-corrected chi connectivity index (χ2v) is 4.77. The van der Waals surface area contributed by atoms with Crippen LogP contribution in [0.5, 0.6) is 0 Å². The Balaban J connectivity index is 4.47. The molecule has 1 amide bonds. The van der Waals surface area contributed by atoms with Crippen LogP contribution < -0.4 is 5.32 Å². The minimum Gasteiger partial charge on any atom is -0.347 e. The number of carbonyl (C=O) groups is 4. The van der Waals surface area contributed by atoms with Crippen molar-refractivity contribution in [3.05, 3.63) is 0 Å². The highest BCUT2D eigenvalue weighted by molar-refractivity contribution is 5.86. The van der Waals surface area contributed by atoms with Crippen molar-refractivity contribution in [2.45, 2.75) is 40.2 Å². The lowest BCUT2D eigenvalue weighted by molar-refractivity contribution is -0.126. The number of Topliss-reactive ketones (excluding diaryl/α,β-unsaturated/α-hetero) is 3. The summed E-state index contributed by atoms with van der Waals surface area (Å²) < 4.78 is 0. The Morgan fingerprint density at radius 2 is 1.42 bits per heavy atom. The van der Waals surface area contributed by atoms with Crippen LogP contribution in [-0.4, -0.2) is 53.8 Å². The molecular weight excluding hydrogens is 248 g/mol. The molecule has 1 N–H and O–H groups in total. The largest absolute Gasteiger partial charge is 0.347 e. The number of carbonyl (C=O) groups excluding carboxylic acids is 4. The third-order valence-corrected chi connectivity index (χ3v) is 2.49. The van der Waals surface area contributed by atoms with E-state index in [1.54, 1.807) is 4.90 Å². The Morgan fingerprint density at radius 3 is 1.74 bits per heavy atom. The highest BCUT2D eigenvalue weighted by atomic mass is 16.2. The maximum atomic E-state index is 11.4. The highest BCUT2D eigenvalue weighted by Gasteiger charge is 2.18. The second-order valence-electron chi connectivity index (χ2n) is 4.77. The van der Waals surface area contributed by atoms with Gasteiger partial charge in [-0.1, -0.05) is 0 Å². The molecule has 0 aliphatic rings. The van der Waals surface area contributed by atoms with Crippen molar-refractivity contribution in [1.82, 2.24) is 10.2 Å². The Morgan fingerprint density at radius 1 is 0.947 bits per heavy atom. The van der Waals surface area contributed by atoms with Crippen molar-refractivity contribution in [3.8, 4) is 0 Å². The summed E-state index contributed by atoms with van der Waals surface area (Å²) >= 11 is 0. The van der Waals surface area contributed by atoms with E-state index in [0.717, 1.165) is 0 Å². The van der Waals surface area contributed by atoms with Gasteiger partial charge in [0.2, 0.25) is 5.91 Å². The van der Waals surface area contributed by atoms with E-state index in [9.17, 15) is 19.2 Å². The summed E-state index contributed by atoms with van der Waals surface area (Å²) in [7, 11) is 0. The van der Waals surface area contributed by atoms with Gasteiger partial charge in [-0.2, -0.15) is 0 Å². The van der Waals surface area contributed by atoms with Crippen LogP contribution in [0.25, 0.3) is 0 Å². The first-order chi connectivity index (χ1) is 8.72. The minimum atomic E-state index is -0.570. The molecule has 19 heavy (non-hydrogen) atoms. The summed E-state index contributed by atoms with van der Waals surface area (Å²) in [4.78, 5) is 46.2. The van der Waals surface area contributed by atoms with Crippen LogP contribution in [0.4, 0.5) is 0 Å². The molecule has 0 aromatic heterocycles. The number of hydrogen-bond donors (Lipinski definition) is 1. The fourth-order valence-electron chi connectivity index (χ4n) is 1.78. The van der Waals surface area contributed by atoms with E-state index in [2.05, 4.69) is 5.32 Å². The predicted octanol–water partition coefficient (Wildman–Crippen LogP) is -0.0498. The molecule has 6 nitrogen and oxygen atoms in total. The van der Waals surface area contributed by atoms with Crippen molar-refractivity contribution in [2.75, 3.05) is 19.6 Å². The van der Waals surface area contributed by atoms with Crippen LogP contribution >= 0.6 is 0 Å². The van der Waals surface area contributed by atoms with Crippen molar-refractivity contribution in [3.63, 3.8) is 0 Å². The molecule has 6 heteroatoms. The molecule has 0 radical (unpaired) electrons. The Bertz CT molecular complexity index is 350. The van der Waals surface area contributed by atoms with Crippen LogP contribution in [0.15, 0.2) is 0 Å². The molecule has 0 fully saturated rings. The third kappa shape index (κ3) is 9.07. The fraction of sp³-hybridized carbons (Fsp3) is 0.692. The number of ketones is 3. The second kappa shape index (κ2) is 8.53. The summed E-state index contributed by atoms with van der Waals surface area (Å²) in [5, 5.41) is 2.56. The van der Waals surface area contributed by atoms with Gasteiger partial charge in [-0.05, 0) is 27.2 Å². The Kier molecular flexibility index (Phi) is 7.83. The van der Waals surface area contributed by atoms with Gasteiger partial charge in [-0.3, -0.25) is 24.1 Å². The minimum absolute atomic E-state index is 0.0415. The lowest BCUT2D eigenvalue weighted by atomic mass is 10.1. The molecule has 0 aliphatic carbocycles. The summed E-state index contributed by atoms with van der Waals surface area (Å²) in [6, 6.07) is -0.570. The number of nitrogens with one attached hydrogen (secondary N) is 1. The van der Waals surface area contributed by atoms with E-state index in [1.165, 1.54) is 27.7 Å². The Hall–Kier alpha value is -1.56. The van der Waals surface area contributed by atoms with Crippen LogP contribution in [0.3, 0.4) is 0 Å². The van der Waals surface area contributed by atoms with Gasteiger partial charge in [0.1, 0.15) is 11.6 Å². The first-order valence-electron chi connectivity index (χ1n) is 6.21. The monoisotopic (exact) mass is 270 g/mol. The topological polar surface area (TPSA) is 83.6 Å². The van der Waals surface area contributed by atoms with E-state index in [0.29, 0.717) is 13.0 Å². The lowest BCUT2D eigenvalue weighted by Gasteiger charge is -2.22. The Labute approximate surface area is 113 Å². The fourth-order valence-corrected chi connectivity index (χ4v) is 1.78. The molecule has 0 rings (SSSR count). The SMILES string of the molecule is CC(=O)CN(CCC(NC(C)=O)C(C)=O)CC(C)=O. The molecule has 0 aromatic rings. The van der Waals surface area contributed by atoms with Crippen molar-refractivity contribution < 1.29 is 19.2 Å². The van der Waals surface area contributed by atoms with Gasteiger partial charge in [-0.25, -0.2) is 0 Å². The number of rotatable bonds is 9. The van der Waals surface area contributed by atoms with Gasteiger partial charge in [-0.15, -0.1) is 0 Å². The number of nitrogens with zero attached hydrogens (tertiary/aromatic N) is 1. The molecule has 0 aromatic carbocycles. The van der Waals surface area contributed by atoms with Gasteiger partial charge < -0.3 is 5.32 Å². The van der Waals surface area contributed by atoms with E-state index in [4.69, 9.17) is 0 Å². The molecule has 1 atom stereocenters. The van der Waals surface area contributed by atoms with Crippen molar-refractivity contribution in [1.29, 1.82) is 0 Å². The number of hydrogen-bond acceptors (Lipinski definition) is 5. The van der Waals surface area contributed by atoms with Gasteiger partial charge >= 0.3 is 0 Å². The summed E-state index contributed by atoms with van der Waals surface area (Å²) in [5.41, 5.74) is 0. The molecule has 0 saturated heterocycles. The summed E-state index contributed by atoms with van der Waals surface area (Å²) in [5.74, 6) is -0.494. The maximum Gasteiger partial charge on any atom is 0.217 e. The lowest BCUT2D eigenvalue weighted by Crippen LogP contribution is -2.42. The van der Waals surface area contributed by atoms with E-state index in [1.807, 2.05) is 0 Å². The first-order valence-corrected chi connectivity index (χ1v) is 6.21. The third-order valence-electron chi connectivity index (χ3n) is 2.49. The molecule has 0 saturated carbocycles. The van der Waals surface area contributed by atoms with Crippen molar-refractivity contribution in [2.24, 2.45) is 0 Å². The normalized spacial score (nSPS) is 12.1. The quantitative estimate of drug-likeness (QED) is 0.635. The van der Waals surface area contributed by atoms with E-state index < -0.39 is 6.04 Å². The van der Waals surface area contributed by atoms with Crippen LogP contribution in [0.2, 0.25) is 0 Å². The van der Waals surface area contributed by atoms with Gasteiger partial charge in [0, 0.05) is 13.5 Å². The zero-order valence-electron chi connectivity index (χ0n) is 12.0. The molecule has 0 bridgehead atoms. The van der Waals surface area contributed by atoms with Crippen LogP contribution in [0, 0.1) is 0 Å². The van der Waals surface area contributed by atoms with E-state index in [-0.39, 0.29) is 36.3 Å². The average Bonchev–Trinajstić information content (AvgIpc) is 2.21. The zero-order valence-corrected chi connectivity index (χ0v) is 12.0. The molecule has 108 valence electrons. The van der Waals surface area contributed by atoms with E-state index >= 15 is 0 Å². The zero-order chi connectivity index (χ0) is 15.0. The smallest absolute Gasteiger partial charge is 0.217 e. The molecule has 1 unspecified atom stereocenters. The molecular formula is C13H22N2O4. The predicted molar refractivity (Wildman–Crippen MR) is 70.7 cm³/mol. The molecule has 0 spiro atoms. The summed E-state index contributed by atoms with van der Waals surface area (Å²) in [6.07, 6.45) is 0.384. The van der Waals surface area contributed by atoms with Crippen LogP contribution in [-0.2, 0) is 19.2 Å². The molecule has 0 aliphatic heterocycles. The molecule has 0 heterocycles. The van der Waals surface area contributed by atoms with Gasteiger partial charge in [0.25, 0.3) is 0 Å². The summed E-state index contributed by atoms with van der Waals surface area (Å²) in [6.45, 7) is 6.39. The highest BCUT2D eigenvalue weighted by Crippen LogP contribution is 1.99. The maximum absolute atomic E-state index is 11.4.